The van der Waals surface area contributed by atoms with E-state index >= 15 is 0 Å². The molecule has 0 spiro atoms. The van der Waals surface area contributed by atoms with E-state index in [9.17, 15) is 4.79 Å². The van der Waals surface area contributed by atoms with Crippen molar-refractivity contribution in [3.8, 4) is 0 Å². The molecule has 0 unspecified atom stereocenters. The van der Waals surface area contributed by atoms with Crippen LogP contribution in [0.4, 0.5) is 0 Å². The van der Waals surface area contributed by atoms with E-state index in [2.05, 4.69) is 17.6 Å². The first-order chi connectivity index (χ1) is 5.24. The van der Waals surface area contributed by atoms with E-state index in [1.165, 1.54) is 0 Å². The fraction of sp³-hybridized carbons (Fsp3) is 0.875. The van der Waals surface area contributed by atoms with Crippen LogP contribution in [0.3, 0.4) is 0 Å². The Hall–Kier alpha value is -0.570. The summed E-state index contributed by atoms with van der Waals surface area (Å²) in [6, 6.07) is 0. The van der Waals surface area contributed by atoms with Gasteiger partial charge in [-0.1, -0.05) is 6.92 Å². The molecule has 0 aromatic carbocycles. The van der Waals surface area contributed by atoms with Gasteiger partial charge in [0.15, 0.2) is 0 Å². The van der Waals surface area contributed by atoms with Gasteiger partial charge in [-0.15, -0.1) is 0 Å². The summed E-state index contributed by atoms with van der Waals surface area (Å²) < 4.78 is 0. The molecule has 0 aliphatic carbocycles. The molecule has 64 valence electrons. The number of hydrogen-bond donors (Lipinski definition) is 2. The molecule has 1 rings (SSSR count). The Balaban J connectivity index is 2.39. The molecular formula is C8H16N2O. The molecule has 2 atom stereocenters. The summed E-state index contributed by atoms with van der Waals surface area (Å²) in [7, 11) is 1.70. The lowest BCUT2D eigenvalue weighted by Crippen LogP contribution is -2.42. The summed E-state index contributed by atoms with van der Waals surface area (Å²) in [5, 5.41) is 5.92. The average Bonchev–Trinajstić information content (AvgIpc) is 2.03. The van der Waals surface area contributed by atoms with Crippen LogP contribution >= 0.6 is 0 Å². The molecule has 0 saturated carbocycles. The van der Waals surface area contributed by atoms with Crippen molar-refractivity contribution in [1.82, 2.24) is 10.6 Å². The third-order valence-corrected chi connectivity index (χ3v) is 2.19. The van der Waals surface area contributed by atoms with Gasteiger partial charge in [0.1, 0.15) is 0 Å². The van der Waals surface area contributed by atoms with Crippen molar-refractivity contribution in [3.63, 3.8) is 0 Å². The van der Waals surface area contributed by atoms with Crippen LogP contribution in [0, 0.1) is 11.8 Å². The van der Waals surface area contributed by atoms with E-state index < -0.39 is 0 Å². The first kappa shape index (κ1) is 8.53. The molecule has 11 heavy (non-hydrogen) atoms. The molecule has 3 heteroatoms. The predicted octanol–water partition coefficient (Wildman–Crippen LogP) is -0.0220. The summed E-state index contributed by atoms with van der Waals surface area (Å²) in [5.41, 5.74) is 0. The highest BCUT2D eigenvalue weighted by molar-refractivity contribution is 5.78. The third kappa shape index (κ3) is 2.19. The van der Waals surface area contributed by atoms with Crippen LogP contribution in [0.1, 0.15) is 13.3 Å². The lowest BCUT2D eigenvalue weighted by molar-refractivity contribution is -0.125. The van der Waals surface area contributed by atoms with E-state index in [0.29, 0.717) is 5.92 Å². The lowest BCUT2D eigenvalue weighted by atomic mass is 9.91. The first-order valence-electron chi connectivity index (χ1n) is 4.16. The zero-order valence-electron chi connectivity index (χ0n) is 7.18. The molecule has 1 saturated heterocycles. The smallest absolute Gasteiger partial charge is 0.224 e. The van der Waals surface area contributed by atoms with Crippen molar-refractivity contribution in [2.75, 3.05) is 20.1 Å². The van der Waals surface area contributed by atoms with Gasteiger partial charge in [0.25, 0.3) is 0 Å². The van der Waals surface area contributed by atoms with Crippen LogP contribution in [0.15, 0.2) is 0 Å². The van der Waals surface area contributed by atoms with E-state index in [0.717, 1.165) is 19.5 Å². The van der Waals surface area contributed by atoms with Gasteiger partial charge in [0.05, 0.1) is 5.92 Å². The fourth-order valence-corrected chi connectivity index (χ4v) is 1.56. The lowest BCUT2D eigenvalue weighted by Gasteiger charge is -2.26. The van der Waals surface area contributed by atoms with Gasteiger partial charge in [-0.2, -0.15) is 0 Å². The van der Waals surface area contributed by atoms with E-state index in [-0.39, 0.29) is 11.8 Å². The normalized spacial score (nSPS) is 31.5. The molecule has 1 heterocycles. The summed E-state index contributed by atoms with van der Waals surface area (Å²) in [5.74, 6) is 0.985. The summed E-state index contributed by atoms with van der Waals surface area (Å²) in [6.07, 6.45) is 1.02. The molecule has 1 fully saturated rings. The standard InChI is InChI=1S/C8H16N2O/c1-6-3-7(5-10-4-6)8(11)9-2/h6-7,10H,3-5H2,1-2H3,(H,9,11)/t6-,7+/m0/s1. The predicted molar refractivity (Wildman–Crippen MR) is 44.2 cm³/mol. The van der Waals surface area contributed by atoms with E-state index in [1.807, 2.05) is 0 Å². The number of nitrogens with one attached hydrogen (secondary N) is 2. The number of piperidine rings is 1. The average molecular weight is 156 g/mol. The van der Waals surface area contributed by atoms with E-state index in [4.69, 9.17) is 0 Å². The monoisotopic (exact) mass is 156 g/mol. The number of rotatable bonds is 1. The Labute approximate surface area is 67.5 Å². The quantitative estimate of drug-likeness (QED) is 0.560. The minimum absolute atomic E-state index is 0.170. The highest BCUT2D eigenvalue weighted by Crippen LogP contribution is 2.15. The van der Waals surface area contributed by atoms with Gasteiger partial charge in [0.2, 0.25) is 5.91 Å². The van der Waals surface area contributed by atoms with Gasteiger partial charge >= 0.3 is 0 Å². The number of carbonyl (C=O) groups is 1. The van der Waals surface area contributed by atoms with Crippen LogP contribution in [-0.4, -0.2) is 26.0 Å². The summed E-state index contributed by atoms with van der Waals surface area (Å²) in [6.45, 7) is 4.06. The van der Waals surface area contributed by atoms with Gasteiger partial charge in [-0.25, -0.2) is 0 Å². The molecular weight excluding hydrogens is 140 g/mol. The topological polar surface area (TPSA) is 41.1 Å². The summed E-state index contributed by atoms with van der Waals surface area (Å²) >= 11 is 0. The van der Waals surface area contributed by atoms with Crippen molar-refractivity contribution in [1.29, 1.82) is 0 Å². The largest absolute Gasteiger partial charge is 0.359 e. The molecule has 0 aromatic rings. The van der Waals surface area contributed by atoms with Gasteiger partial charge in [0, 0.05) is 13.6 Å². The van der Waals surface area contributed by atoms with Gasteiger partial charge in [-0.3, -0.25) is 4.79 Å². The zero-order chi connectivity index (χ0) is 8.27. The first-order valence-corrected chi connectivity index (χ1v) is 4.16. The Morgan fingerprint density at radius 2 is 2.27 bits per heavy atom. The van der Waals surface area contributed by atoms with Crippen molar-refractivity contribution >= 4 is 5.91 Å². The van der Waals surface area contributed by atoms with Crippen LogP contribution in [-0.2, 0) is 4.79 Å². The minimum atomic E-state index is 0.170. The number of hydrogen-bond acceptors (Lipinski definition) is 2. The highest BCUT2D eigenvalue weighted by atomic mass is 16.1. The molecule has 0 bridgehead atoms. The van der Waals surface area contributed by atoms with Gasteiger partial charge < -0.3 is 10.6 Å². The van der Waals surface area contributed by atoms with Gasteiger partial charge in [-0.05, 0) is 18.9 Å². The second-order valence-electron chi connectivity index (χ2n) is 3.31. The number of carbonyl (C=O) groups excluding carboxylic acids is 1. The van der Waals surface area contributed by atoms with Crippen molar-refractivity contribution in [3.05, 3.63) is 0 Å². The molecule has 0 aromatic heterocycles. The Morgan fingerprint density at radius 3 is 2.82 bits per heavy atom. The third-order valence-electron chi connectivity index (χ3n) is 2.19. The molecule has 1 amide bonds. The maximum atomic E-state index is 11.2. The second kappa shape index (κ2) is 3.72. The minimum Gasteiger partial charge on any atom is -0.359 e. The van der Waals surface area contributed by atoms with Crippen LogP contribution < -0.4 is 10.6 Å². The maximum Gasteiger partial charge on any atom is 0.224 e. The molecule has 1 aliphatic rings. The SMILES string of the molecule is CNC(=O)[C@H]1CNC[C@@H](C)C1. The van der Waals surface area contributed by atoms with E-state index in [1.54, 1.807) is 7.05 Å². The van der Waals surface area contributed by atoms with Crippen molar-refractivity contribution < 1.29 is 4.79 Å². The summed E-state index contributed by atoms with van der Waals surface area (Å²) in [4.78, 5) is 11.2. The van der Waals surface area contributed by atoms with Crippen molar-refractivity contribution in [2.24, 2.45) is 11.8 Å². The molecule has 3 nitrogen and oxygen atoms in total. The second-order valence-corrected chi connectivity index (χ2v) is 3.31. The Morgan fingerprint density at radius 1 is 1.55 bits per heavy atom. The highest BCUT2D eigenvalue weighted by Gasteiger charge is 2.23. The Bertz CT molecular complexity index is 147. The Kier molecular flexibility index (Phi) is 2.88. The maximum absolute atomic E-state index is 11.2. The van der Waals surface area contributed by atoms with Crippen LogP contribution in [0.2, 0.25) is 0 Å². The fourth-order valence-electron chi connectivity index (χ4n) is 1.56. The van der Waals surface area contributed by atoms with Crippen LogP contribution in [0.25, 0.3) is 0 Å². The molecule has 2 N–H and O–H groups in total. The molecule has 0 radical (unpaired) electrons. The van der Waals surface area contributed by atoms with Crippen LogP contribution in [0.5, 0.6) is 0 Å². The molecule has 1 aliphatic heterocycles. The zero-order valence-corrected chi connectivity index (χ0v) is 7.18. The van der Waals surface area contributed by atoms with Crippen molar-refractivity contribution in [2.45, 2.75) is 13.3 Å². The number of amides is 1.